The monoisotopic (exact) mass is 890 g/mol. The van der Waals surface area contributed by atoms with Gasteiger partial charge in [0, 0.05) is 73.7 Å². The number of hydrogen-bond donors (Lipinski definition) is 0. The highest BCUT2D eigenvalue weighted by atomic mass is 32.2. The van der Waals surface area contributed by atoms with Gasteiger partial charge in [-0.25, -0.2) is 0 Å². The Morgan fingerprint density at radius 2 is 1.22 bits per heavy atom. The first-order chi connectivity index (χ1) is 31.3. The highest BCUT2D eigenvalue weighted by Crippen LogP contribution is 2.58. The maximum atomic E-state index is 2.80. The number of aromatic nitrogens is 1. The van der Waals surface area contributed by atoms with Crippen LogP contribution in [0.1, 0.15) is 77.6 Å². The Morgan fingerprint density at radius 1 is 0.523 bits per heavy atom. The summed E-state index contributed by atoms with van der Waals surface area (Å²) in [6, 6.07) is 54.5. The van der Waals surface area contributed by atoms with E-state index >= 15 is 0 Å². The Kier molecular flexibility index (Phi) is 7.61. The molecule has 8 aromatic carbocycles. The largest absolute Gasteiger partial charge is 0.375 e. The highest BCUT2D eigenvalue weighted by Gasteiger charge is 2.49. The fourth-order valence-corrected chi connectivity index (χ4v) is 15.3. The summed E-state index contributed by atoms with van der Waals surface area (Å²) in [4.78, 5) is 8.11. The van der Waals surface area contributed by atoms with Crippen molar-refractivity contribution in [2.45, 2.75) is 91.2 Å². The maximum absolute atomic E-state index is 2.80. The lowest BCUT2D eigenvalue weighted by atomic mass is 9.43. The van der Waals surface area contributed by atoms with Crippen molar-refractivity contribution in [3.63, 3.8) is 0 Å². The summed E-state index contributed by atoms with van der Waals surface area (Å²) < 4.78 is 5.40. The van der Waals surface area contributed by atoms with Crippen LogP contribution in [-0.4, -0.2) is 11.4 Å². The number of fused-ring (bicyclic) bond motifs is 16. The molecule has 14 rings (SSSR count). The van der Waals surface area contributed by atoms with Crippen LogP contribution in [0.25, 0.3) is 69.9 Å². The summed E-state index contributed by atoms with van der Waals surface area (Å²) in [5.41, 5.74) is 20.0. The first kappa shape index (κ1) is 38.6. The average molecular weight is 891 g/mol. The standard InChI is InChI=1S/C59H47BN2S3/c1-57(2,3)32-24-25-44-37(26-32)40-27-33(58(4,5)6)28-43-54(40)61(44)55-52-36-17-9-11-19-41(36)59(7,8)42(52)29-39-38-30-50-51(64-49-23-14-13-22-48(49)63-50)31-46(38)62(60(43)53(39)55)45-20-15-18-35-34-16-10-12-21-47(34)65-56(35)45/h9-31H,1-8H3. The summed E-state index contributed by atoms with van der Waals surface area (Å²) in [6.07, 6.45) is 0. The fraction of sp³-hybridized carbons (Fsp3) is 0.186. The zero-order valence-electron chi connectivity index (χ0n) is 38.0. The molecule has 0 N–H and O–H groups in total. The Morgan fingerprint density at radius 3 is 2.00 bits per heavy atom. The van der Waals surface area contributed by atoms with E-state index in [0.29, 0.717) is 0 Å². The molecule has 0 radical (unpaired) electrons. The van der Waals surface area contributed by atoms with Crippen LogP contribution in [0.4, 0.5) is 11.4 Å². The molecule has 5 heterocycles. The van der Waals surface area contributed by atoms with E-state index in [4.69, 9.17) is 0 Å². The van der Waals surface area contributed by atoms with E-state index in [9.17, 15) is 0 Å². The molecule has 0 fully saturated rings. The third kappa shape index (κ3) is 5.11. The zero-order valence-corrected chi connectivity index (χ0v) is 40.4. The lowest BCUT2D eigenvalue weighted by Crippen LogP contribution is -2.61. The zero-order chi connectivity index (χ0) is 44.1. The maximum Gasteiger partial charge on any atom is 0.333 e. The van der Waals surface area contributed by atoms with Gasteiger partial charge in [0.2, 0.25) is 0 Å². The number of rotatable bonds is 1. The molecule has 0 spiro atoms. The molecule has 0 bridgehead atoms. The molecule has 10 aromatic rings. The molecule has 0 saturated carbocycles. The highest BCUT2D eigenvalue weighted by molar-refractivity contribution is 8.05. The molecule has 2 nitrogen and oxygen atoms in total. The molecule has 1 aliphatic carbocycles. The Labute approximate surface area is 393 Å². The molecular formula is C59H47BN2S3. The van der Waals surface area contributed by atoms with E-state index < -0.39 is 0 Å². The summed E-state index contributed by atoms with van der Waals surface area (Å²) in [7, 11) is 0. The number of hydrogen-bond acceptors (Lipinski definition) is 4. The van der Waals surface area contributed by atoms with Gasteiger partial charge in [-0.05, 0) is 116 Å². The van der Waals surface area contributed by atoms with Crippen molar-refractivity contribution in [3.8, 4) is 27.9 Å². The first-order valence-electron chi connectivity index (χ1n) is 23.0. The number of nitrogens with zero attached hydrogens (tertiary/aromatic N) is 2. The first-order valence-corrected chi connectivity index (χ1v) is 25.5. The van der Waals surface area contributed by atoms with Crippen molar-refractivity contribution < 1.29 is 0 Å². The van der Waals surface area contributed by atoms with E-state index in [1.165, 1.54) is 134 Å². The van der Waals surface area contributed by atoms with Crippen molar-refractivity contribution >= 4 is 106 Å². The van der Waals surface area contributed by atoms with Gasteiger partial charge in [0.1, 0.15) is 0 Å². The van der Waals surface area contributed by atoms with Crippen molar-refractivity contribution in [2.75, 3.05) is 4.81 Å². The molecule has 3 aliphatic heterocycles. The third-order valence-corrected chi connectivity index (χ3v) is 18.8. The van der Waals surface area contributed by atoms with Crippen LogP contribution in [0.15, 0.2) is 159 Å². The second-order valence-corrected chi connectivity index (χ2v) is 24.5. The molecule has 4 aliphatic rings. The predicted octanol–water partition coefficient (Wildman–Crippen LogP) is 15.9. The SMILES string of the molecule is CC(C)(C)c1ccc2c(c1)c1cc(C(C)(C)C)cc3c1n2-c1c2c(cc4c1-c1ccccc1C4(C)C)-c1cc4c(cc1N(c1cccc5c1sc1ccccc15)B23)Sc1ccccc1S4. The van der Waals surface area contributed by atoms with E-state index in [-0.39, 0.29) is 23.1 Å². The predicted molar refractivity (Wildman–Crippen MR) is 282 cm³/mol. The minimum Gasteiger partial charge on any atom is -0.375 e. The third-order valence-electron chi connectivity index (χ3n) is 15.1. The molecule has 0 amide bonds. The number of benzene rings is 8. The van der Waals surface area contributed by atoms with E-state index in [1.807, 2.05) is 34.9 Å². The van der Waals surface area contributed by atoms with Crippen LogP contribution in [0.5, 0.6) is 0 Å². The van der Waals surface area contributed by atoms with Gasteiger partial charge in [0.05, 0.1) is 21.4 Å². The molecule has 314 valence electrons. The average Bonchev–Trinajstić information content (AvgIpc) is 3.91. The van der Waals surface area contributed by atoms with Crippen LogP contribution >= 0.6 is 34.9 Å². The van der Waals surface area contributed by atoms with Gasteiger partial charge in [-0.1, -0.05) is 158 Å². The smallest absolute Gasteiger partial charge is 0.333 e. The quantitative estimate of drug-likeness (QED) is 0.152. The van der Waals surface area contributed by atoms with Crippen molar-refractivity contribution in [1.82, 2.24) is 4.57 Å². The van der Waals surface area contributed by atoms with Crippen molar-refractivity contribution in [2.24, 2.45) is 0 Å². The van der Waals surface area contributed by atoms with Crippen molar-refractivity contribution in [1.29, 1.82) is 0 Å². The van der Waals surface area contributed by atoms with E-state index in [1.54, 1.807) is 0 Å². The molecule has 65 heavy (non-hydrogen) atoms. The summed E-state index contributed by atoms with van der Waals surface area (Å²) in [6.45, 7) is 19.0. The van der Waals surface area contributed by atoms with Crippen LogP contribution in [0.2, 0.25) is 0 Å². The molecule has 0 saturated heterocycles. The van der Waals surface area contributed by atoms with Gasteiger partial charge in [-0.15, -0.1) is 11.3 Å². The molecule has 0 atom stereocenters. The van der Waals surface area contributed by atoms with Crippen LogP contribution in [0.3, 0.4) is 0 Å². The molecule has 2 aromatic heterocycles. The fourth-order valence-electron chi connectivity index (χ4n) is 11.8. The van der Waals surface area contributed by atoms with Gasteiger partial charge >= 0.3 is 6.85 Å². The van der Waals surface area contributed by atoms with E-state index in [2.05, 4.69) is 204 Å². The normalized spacial score (nSPS) is 15.3. The van der Waals surface area contributed by atoms with Crippen molar-refractivity contribution in [3.05, 3.63) is 162 Å². The lowest BCUT2D eigenvalue weighted by molar-refractivity contribution is 0.590. The van der Waals surface area contributed by atoms with Gasteiger partial charge in [0.25, 0.3) is 0 Å². The summed E-state index contributed by atoms with van der Waals surface area (Å²) >= 11 is 5.79. The van der Waals surface area contributed by atoms with Gasteiger partial charge in [-0.3, -0.25) is 0 Å². The minimum atomic E-state index is -0.192. The Balaban J connectivity index is 1.20. The molecule has 6 heteroatoms. The van der Waals surface area contributed by atoms with Crippen LogP contribution in [-0.2, 0) is 16.2 Å². The Bertz CT molecular complexity index is 3800. The van der Waals surface area contributed by atoms with Gasteiger partial charge in [0.15, 0.2) is 0 Å². The minimum absolute atomic E-state index is 0.00414. The second kappa shape index (κ2) is 12.8. The Hall–Kier alpha value is -5.66. The number of thiophene rings is 1. The topological polar surface area (TPSA) is 8.17 Å². The van der Waals surface area contributed by atoms with Crippen LogP contribution in [0, 0.1) is 0 Å². The summed E-state index contributed by atoms with van der Waals surface area (Å²) in [5, 5.41) is 5.34. The summed E-state index contributed by atoms with van der Waals surface area (Å²) in [5.74, 6) is 0. The second-order valence-electron chi connectivity index (χ2n) is 21.3. The van der Waals surface area contributed by atoms with E-state index in [0.717, 1.165) is 0 Å². The lowest BCUT2D eigenvalue weighted by Gasteiger charge is -2.44. The van der Waals surface area contributed by atoms with Gasteiger partial charge < -0.3 is 9.38 Å². The van der Waals surface area contributed by atoms with Crippen LogP contribution < -0.4 is 15.7 Å². The molecular weight excluding hydrogens is 844 g/mol. The number of anilines is 2. The van der Waals surface area contributed by atoms with Gasteiger partial charge in [-0.2, -0.15) is 0 Å². The molecule has 0 unspecified atom stereocenters.